The minimum Gasteiger partial charge on any atom is -0.207 e. The number of hydrogen-bond donors (Lipinski definition) is 1. The van der Waals surface area contributed by atoms with Crippen molar-refractivity contribution < 1.29 is 8.42 Å². The molecule has 0 amide bonds. The van der Waals surface area contributed by atoms with Crippen LogP contribution in [0.1, 0.15) is 16.7 Å². The maximum atomic E-state index is 12.2. The standard InChI is InChI=1S/C16H18ClNO2S/c1-13-3-2-4-15(11-13)12-18-21(19,20)16-7-5-14(6-8-16)9-10-17/h2-8,11,18H,9-10,12H2,1H3. The predicted octanol–water partition coefficient (Wildman–Crippen LogP) is 3.25. The lowest BCUT2D eigenvalue weighted by atomic mass is 10.1. The van der Waals surface area contributed by atoms with E-state index < -0.39 is 10.0 Å². The fourth-order valence-corrected chi connectivity index (χ4v) is 3.26. The lowest BCUT2D eigenvalue weighted by molar-refractivity contribution is 0.581. The molecule has 0 unspecified atom stereocenters. The Morgan fingerprint density at radius 2 is 1.76 bits per heavy atom. The van der Waals surface area contributed by atoms with Gasteiger partial charge in [0.05, 0.1) is 4.90 Å². The molecule has 5 heteroatoms. The maximum Gasteiger partial charge on any atom is 0.240 e. The van der Waals surface area contributed by atoms with Crippen molar-refractivity contribution in [2.75, 3.05) is 5.88 Å². The Labute approximate surface area is 131 Å². The van der Waals surface area contributed by atoms with Gasteiger partial charge in [-0.05, 0) is 36.6 Å². The molecule has 0 spiro atoms. The highest BCUT2D eigenvalue weighted by molar-refractivity contribution is 7.89. The van der Waals surface area contributed by atoms with Gasteiger partial charge in [0.15, 0.2) is 0 Å². The van der Waals surface area contributed by atoms with E-state index in [1.165, 1.54) is 0 Å². The molecule has 0 aromatic heterocycles. The quantitative estimate of drug-likeness (QED) is 0.829. The summed E-state index contributed by atoms with van der Waals surface area (Å²) in [5.41, 5.74) is 3.08. The van der Waals surface area contributed by atoms with Crippen molar-refractivity contribution >= 4 is 21.6 Å². The first kappa shape index (κ1) is 16.0. The number of nitrogens with one attached hydrogen (secondary N) is 1. The second-order valence-electron chi connectivity index (χ2n) is 4.90. The SMILES string of the molecule is Cc1cccc(CNS(=O)(=O)c2ccc(CCCl)cc2)c1. The van der Waals surface area contributed by atoms with Crippen LogP contribution in [-0.2, 0) is 23.0 Å². The highest BCUT2D eigenvalue weighted by atomic mass is 35.5. The zero-order valence-electron chi connectivity index (χ0n) is 11.8. The molecular weight excluding hydrogens is 306 g/mol. The van der Waals surface area contributed by atoms with Gasteiger partial charge < -0.3 is 0 Å². The Morgan fingerprint density at radius 3 is 2.38 bits per heavy atom. The molecule has 0 aliphatic rings. The Morgan fingerprint density at radius 1 is 1.05 bits per heavy atom. The molecule has 0 bridgehead atoms. The van der Waals surface area contributed by atoms with Gasteiger partial charge in [-0.15, -0.1) is 11.6 Å². The predicted molar refractivity (Wildman–Crippen MR) is 86.1 cm³/mol. The van der Waals surface area contributed by atoms with E-state index in [4.69, 9.17) is 11.6 Å². The van der Waals surface area contributed by atoms with Crippen LogP contribution < -0.4 is 4.72 Å². The molecule has 0 fully saturated rings. The molecule has 2 aromatic rings. The Hall–Kier alpha value is -1.36. The highest BCUT2D eigenvalue weighted by Crippen LogP contribution is 2.12. The molecule has 0 saturated heterocycles. The number of alkyl halides is 1. The van der Waals surface area contributed by atoms with Crippen LogP contribution in [0.2, 0.25) is 0 Å². The van der Waals surface area contributed by atoms with Crippen LogP contribution in [0, 0.1) is 6.92 Å². The monoisotopic (exact) mass is 323 g/mol. The van der Waals surface area contributed by atoms with Crippen LogP contribution in [0.25, 0.3) is 0 Å². The summed E-state index contributed by atoms with van der Waals surface area (Å²) in [6.07, 6.45) is 0.735. The van der Waals surface area contributed by atoms with Crippen LogP contribution in [0.5, 0.6) is 0 Å². The third-order valence-corrected chi connectivity index (χ3v) is 4.77. The van der Waals surface area contributed by atoms with Crippen molar-refractivity contribution in [1.29, 1.82) is 0 Å². The van der Waals surface area contributed by atoms with E-state index in [0.717, 1.165) is 23.1 Å². The van der Waals surface area contributed by atoms with Gasteiger partial charge in [-0.2, -0.15) is 0 Å². The Bertz CT molecular complexity index is 696. The number of benzene rings is 2. The molecule has 0 atom stereocenters. The van der Waals surface area contributed by atoms with Crippen molar-refractivity contribution in [2.24, 2.45) is 0 Å². The van der Waals surface area contributed by atoms with Crippen LogP contribution >= 0.6 is 11.6 Å². The summed E-state index contributed by atoms with van der Waals surface area (Å²) in [6, 6.07) is 14.6. The number of hydrogen-bond acceptors (Lipinski definition) is 2. The summed E-state index contributed by atoms with van der Waals surface area (Å²) in [4.78, 5) is 0.272. The molecule has 2 rings (SSSR count). The molecule has 112 valence electrons. The summed E-state index contributed by atoms with van der Waals surface area (Å²) in [6.45, 7) is 2.26. The van der Waals surface area contributed by atoms with Crippen LogP contribution in [-0.4, -0.2) is 14.3 Å². The molecule has 0 radical (unpaired) electrons. The minimum atomic E-state index is -3.49. The second-order valence-corrected chi connectivity index (χ2v) is 7.04. The smallest absolute Gasteiger partial charge is 0.207 e. The first-order chi connectivity index (χ1) is 10.0. The number of halogens is 1. The minimum absolute atomic E-state index is 0.272. The fraction of sp³-hybridized carbons (Fsp3) is 0.250. The van der Waals surface area contributed by atoms with E-state index in [9.17, 15) is 8.42 Å². The summed E-state index contributed by atoms with van der Waals surface area (Å²) >= 11 is 5.67. The van der Waals surface area contributed by atoms with E-state index in [0.29, 0.717) is 5.88 Å². The van der Waals surface area contributed by atoms with Gasteiger partial charge in [-0.25, -0.2) is 13.1 Å². The van der Waals surface area contributed by atoms with Crippen LogP contribution in [0.15, 0.2) is 53.4 Å². The second kappa shape index (κ2) is 7.07. The third kappa shape index (κ3) is 4.56. The average Bonchev–Trinajstić information content (AvgIpc) is 2.46. The summed E-state index contributed by atoms with van der Waals surface area (Å²) in [5, 5.41) is 0. The molecule has 1 N–H and O–H groups in total. The summed E-state index contributed by atoms with van der Waals surface area (Å²) < 4.78 is 27.1. The molecule has 0 aliphatic carbocycles. The van der Waals surface area contributed by atoms with Crippen molar-refractivity contribution in [3.05, 3.63) is 65.2 Å². The van der Waals surface area contributed by atoms with Gasteiger partial charge in [-0.3, -0.25) is 0 Å². The zero-order valence-corrected chi connectivity index (χ0v) is 13.4. The van der Waals surface area contributed by atoms with Gasteiger partial charge >= 0.3 is 0 Å². The molecule has 0 saturated carbocycles. The Kier molecular flexibility index (Phi) is 5.39. The normalized spacial score (nSPS) is 11.5. The van der Waals surface area contributed by atoms with Gasteiger partial charge in [-0.1, -0.05) is 42.0 Å². The van der Waals surface area contributed by atoms with Crippen LogP contribution in [0.4, 0.5) is 0 Å². The average molecular weight is 324 g/mol. The van der Waals surface area contributed by atoms with E-state index in [2.05, 4.69) is 4.72 Å². The van der Waals surface area contributed by atoms with E-state index in [-0.39, 0.29) is 11.4 Å². The van der Waals surface area contributed by atoms with Gasteiger partial charge in [0, 0.05) is 12.4 Å². The van der Waals surface area contributed by atoms with E-state index >= 15 is 0 Å². The molecule has 21 heavy (non-hydrogen) atoms. The lowest BCUT2D eigenvalue weighted by Gasteiger charge is -2.08. The van der Waals surface area contributed by atoms with Crippen molar-refractivity contribution in [3.63, 3.8) is 0 Å². The van der Waals surface area contributed by atoms with E-state index in [1.54, 1.807) is 24.3 Å². The first-order valence-corrected chi connectivity index (χ1v) is 8.73. The first-order valence-electron chi connectivity index (χ1n) is 6.71. The topological polar surface area (TPSA) is 46.2 Å². The van der Waals surface area contributed by atoms with Crippen molar-refractivity contribution in [2.45, 2.75) is 24.8 Å². The summed E-state index contributed by atoms with van der Waals surface area (Å²) in [7, 11) is -3.49. The number of rotatable bonds is 6. The lowest BCUT2D eigenvalue weighted by Crippen LogP contribution is -2.23. The van der Waals surface area contributed by atoms with Crippen LogP contribution in [0.3, 0.4) is 0 Å². The largest absolute Gasteiger partial charge is 0.240 e. The van der Waals surface area contributed by atoms with Gasteiger partial charge in [0.2, 0.25) is 10.0 Å². The highest BCUT2D eigenvalue weighted by Gasteiger charge is 2.13. The maximum absolute atomic E-state index is 12.2. The van der Waals surface area contributed by atoms with E-state index in [1.807, 2.05) is 31.2 Å². The Balaban J connectivity index is 2.07. The third-order valence-electron chi connectivity index (χ3n) is 3.17. The molecule has 2 aromatic carbocycles. The van der Waals surface area contributed by atoms with Crippen molar-refractivity contribution in [1.82, 2.24) is 4.72 Å². The van der Waals surface area contributed by atoms with Gasteiger partial charge in [0.25, 0.3) is 0 Å². The molecular formula is C16H18ClNO2S. The zero-order chi connectivity index (χ0) is 15.3. The van der Waals surface area contributed by atoms with Gasteiger partial charge in [0.1, 0.15) is 0 Å². The number of aryl methyl sites for hydroxylation is 2. The molecule has 3 nitrogen and oxygen atoms in total. The summed E-state index contributed by atoms with van der Waals surface area (Å²) in [5.74, 6) is 0.526. The molecule has 0 heterocycles. The molecule has 0 aliphatic heterocycles. The van der Waals surface area contributed by atoms with Crippen molar-refractivity contribution in [3.8, 4) is 0 Å². The fourth-order valence-electron chi connectivity index (χ4n) is 2.03. The number of sulfonamides is 1.